The molecule has 0 saturated heterocycles. The van der Waals surface area contributed by atoms with Crippen LogP contribution in [0.4, 0.5) is 0 Å². The fourth-order valence-electron chi connectivity index (χ4n) is 0.519. The topological polar surface area (TPSA) is 15.8 Å². The van der Waals surface area contributed by atoms with Gasteiger partial charge in [-0.25, -0.2) is 0 Å². The monoisotopic (exact) mass is 219 g/mol. The van der Waals surface area contributed by atoms with Crippen molar-refractivity contribution in [3.8, 4) is 0 Å². The van der Waals surface area contributed by atoms with E-state index in [-0.39, 0.29) is 0 Å². The zero-order valence-corrected chi connectivity index (χ0v) is 6.47. The third-order valence-corrected chi connectivity index (χ3v) is 1.88. The van der Waals surface area contributed by atoms with E-state index in [1.165, 1.54) is 5.56 Å². The second-order valence-corrected chi connectivity index (χ2v) is 2.53. The van der Waals surface area contributed by atoms with Gasteiger partial charge in [-0.3, -0.25) is 0 Å². The molecule has 1 rings (SSSR count). The standard InChI is InChI=1S/C6H6IN/c1-2-5-3-4-8-6(5)7/h2-4,8H,1H2. The number of halogens is 1. The Morgan fingerprint density at radius 2 is 2.50 bits per heavy atom. The Morgan fingerprint density at radius 1 is 1.75 bits per heavy atom. The highest BCUT2D eigenvalue weighted by atomic mass is 127. The first kappa shape index (κ1) is 5.88. The largest absolute Gasteiger partial charge is 0.356 e. The number of hydrogen-bond donors (Lipinski definition) is 1. The molecule has 1 aromatic rings. The Balaban J connectivity index is 3.09. The van der Waals surface area contributed by atoms with Crippen molar-refractivity contribution in [1.82, 2.24) is 4.98 Å². The van der Waals surface area contributed by atoms with E-state index in [9.17, 15) is 0 Å². The highest BCUT2D eigenvalue weighted by Gasteiger charge is 1.90. The Morgan fingerprint density at radius 3 is 2.75 bits per heavy atom. The predicted molar refractivity (Wildman–Crippen MR) is 43.6 cm³/mol. The molecule has 0 aliphatic heterocycles. The summed E-state index contributed by atoms with van der Waals surface area (Å²) in [5.74, 6) is 0. The summed E-state index contributed by atoms with van der Waals surface area (Å²) in [5, 5.41) is 0. The van der Waals surface area contributed by atoms with E-state index in [4.69, 9.17) is 0 Å². The predicted octanol–water partition coefficient (Wildman–Crippen LogP) is 2.26. The molecule has 1 heterocycles. The van der Waals surface area contributed by atoms with Crippen molar-refractivity contribution in [2.45, 2.75) is 0 Å². The molecular weight excluding hydrogens is 213 g/mol. The van der Waals surface area contributed by atoms with Gasteiger partial charge in [0.05, 0.1) is 3.70 Å². The van der Waals surface area contributed by atoms with Gasteiger partial charge in [0.15, 0.2) is 0 Å². The minimum Gasteiger partial charge on any atom is -0.356 e. The molecule has 0 radical (unpaired) electrons. The Hall–Kier alpha value is -0.250. The first-order valence-electron chi connectivity index (χ1n) is 2.30. The lowest BCUT2D eigenvalue weighted by molar-refractivity contribution is 1.35. The van der Waals surface area contributed by atoms with Crippen LogP contribution < -0.4 is 0 Å². The average molecular weight is 219 g/mol. The molecule has 1 nitrogen and oxygen atoms in total. The van der Waals surface area contributed by atoms with Crippen LogP contribution in [0.25, 0.3) is 6.08 Å². The van der Waals surface area contributed by atoms with Gasteiger partial charge in [-0.2, -0.15) is 0 Å². The summed E-state index contributed by atoms with van der Waals surface area (Å²) in [5.41, 5.74) is 1.17. The molecular formula is C6H6IN. The molecule has 42 valence electrons. The lowest BCUT2D eigenvalue weighted by atomic mass is 10.3. The van der Waals surface area contributed by atoms with Gasteiger partial charge in [0.2, 0.25) is 0 Å². The van der Waals surface area contributed by atoms with Gasteiger partial charge in [-0.15, -0.1) is 0 Å². The Kier molecular flexibility index (Phi) is 1.73. The van der Waals surface area contributed by atoms with Crippen LogP contribution in [0.15, 0.2) is 18.8 Å². The third kappa shape index (κ3) is 0.940. The smallest absolute Gasteiger partial charge is 0.0845 e. The van der Waals surface area contributed by atoms with E-state index in [0.717, 1.165) is 3.70 Å². The lowest BCUT2D eigenvalue weighted by Crippen LogP contribution is -1.68. The van der Waals surface area contributed by atoms with Crippen LogP contribution in [0.3, 0.4) is 0 Å². The molecule has 2 heteroatoms. The van der Waals surface area contributed by atoms with Crippen LogP contribution in [0.2, 0.25) is 0 Å². The van der Waals surface area contributed by atoms with Crippen molar-refractivity contribution in [1.29, 1.82) is 0 Å². The molecule has 0 fully saturated rings. The first-order chi connectivity index (χ1) is 3.84. The van der Waals surface area contributed by atoms with E-state index in [0.29, 0.717) is 0 Å². The summed E-state index contributed by atoms with van der Waals surface area (Å²) in [6, 6.07) is 1.99. The van der Waals surface area contributed by atoms with Crippen molar-refractivity contribution < 1.29 is 0 Å². The second-order valence-electron chi connectivity index (χ2n) is 1.45. The molecule has 0 atom stereocenters. The Labute approximate surface area is 61.9 Å². The number of aromatic nitrogens is 1. The Bertz CT molecular complexity index is 190. The van der Waals surface area contributed by atoms with E-state index < -0.39 is 0 Å². The first-order valence-corrected chi connectivity index (χ1v) is 3.38. The minimum absolute atomic E-state index is 1.15. The molecule has 0 unspecified atom stereocenters. The van der Waals surface area contributed by atoms with Crippen LogP contribution >= 0.6 is 22.6 Å². The molecule has 1 N–H and O–H groups in total. The maximum absolute atomic E-state index is 3.64. The molecule has 0 spiro atoms. The maximum Gasteiger partial charge on any atom is 0.0845 e. The zero-order valence-electron chi connectivity index (χ0n) is 4.32. The summed E-state index contributed by atoms with van der Waals surface area (Å²) in [6.45, 7) is 3.64. The number of H-pyrrole nitrogens is 1. The highest BCUT2D eigenvalue weighted by molar-refractivity contribution is 14.1. The molecule has 0 bridgehead atoms. The van der Waals surface area contributed by atoms with Crippen LogP contribution in [0.1, 0.15) is 5.56 Å². The number of rotatable bonds is 1. The van der Waals surface area contributed by atoms with Gasteiger partial charge >= 0.3 is 0 Å². The molecule has 0 aliphatic rings. The van der Waals surface area contributed by atoms with Gasteiger partial charge < -0.3 is 4.98 Å². The van der Waals surface area contributed by atoms with Crippen molar-refractivity contribution in [3.63, 3.8) is 0 Å². The molecule has 1 aromatic heterocycles. The summed E-state index contributed by atoms with van der Waals surface area (Å²) >= 11 is 2.23. The van der Waals surface area contributed by atoms with Gasteiger partial charge in [-0.05, 0) is 28.7 Å². The lowest BCUT2D eigenvalue weighted by Gasteiger charge is -1.81. The molecule has 8 heavy (non-hydrogen) atoms. The van der Waals surface area contributed by atoms with E-state index >= 15 is 0 Å². The van der Waals surface area contributed by atoms with Crippen molar-refractivity contribution in [2.24, 2.45) is 0 Å². The van der Waals surface area contributed by atoms with Gasteiger partial charge in [0.25, 0.3) is 0 Å². The van der Waals surface area contributed by atoms with Gasteiger partial charge in [-0.1, -0.05) is 12.7 Å². The SMILES string of the molecule is C=Cc1cc[nH]c1I. The summed E-state index contributed by atoms with van der Waals surface area (Å²) in [7, 11) is 0. The molecule has 0 aliphatic carbocycles. The van der Waals surface area contributed by atoms with Crippen molar-refractivity contribution in [2.75, 3.05) is 0 Å². The molecule has 0 aromatic carbocycles. The molecule has 0 amide bonds. The van der Waals surface area contributed by atoms with Crippen LogP contribution in [0.5, 0.6) is 0 Å². The normalized spacial score (nSPS) is 9.12. The maximum atomic E-state index is 3.64. The van der Waals surface area contributed by atoms with Crippen molar-refractivity contribution >= 4 is 28.7 Å². The van der Waals surface area contributed by atoms with Crippen LogP contribution in [-0.2, 0) is 0 Å². The number of hydrogen-bond acceptors (Lipinski definition) is 0. The minimum atomic E-state index is 1.15. The van der Waals surface area contributed by atoms with Crippen LogP contribution in [-0.4, -0.2) is 4.98 Å². The fourth-order valence-corrected chi connectivity index (χ4v) is 1.10. The quantitative estimate of drug-likeness (QED) is 0.697. The summed E-state index contributed by atoms with van der Waals surface area (Å²) in [4.78, 5) is 3.03. The van der Waals surface area contributed by atoms with Gasteiger partial charge in [0, 0.05) is 11.8 Å². The average Bonchev–Trinajstić information content (AvgIpc) is 2.14. The third-order valence-electron chi connectivity index (χ3n) is 0.946. The number of aromatic amines is 1. The van der Waals surface area contributed by atoms with E-state index in [1.54, 1.807) is 0 Å². The van der Waals surface area contributed by atoms with Crippen LogP contribution in [0, 0.1) is 3.70 Å². The zero-order chi connectivity index (χ0) is 5.98. The molecule has 0 saturated carbocycles. The second kappa shape index (κ2) is 2.35. The van der Waals surface area contributed by atoms with Crippen molar-refractivity contribution in [3.05, 3.63) is 28.1 Å². The van der Waals surface area contributed by atoms with Gasteiger partial charge in [0.1, 0.15) is 0 Å². The highest BCUT2D eigenvalue weighted by Crippen LogP contribution is 2.09. The van der Waals surface area contributed by atoms with E-state index in [1.807, 2.05) is 18.3 Å². The number of nitrogens with one attached hydrogen (secondary N) is 1. The summed E-state index contributed by atoms with van der Waals surface area (Å²) in [6.07, 6.45) is 3.73. The van der Waals surface area contributed by atoms with E-state index in [2.05, 4.69) is 34.2 Å². The fraction of sp³-hybridized carbons (Fsp3) is 0. The summed E-state index contributed by atoms with van der Waals surface area (Å²) < 4.78 is 1.15.